The number of halogens is 2. The smallest absolute Gasteiger partial charge is 0.145 e. The highest BCUT2D eigenvalue weighted by Crippen LogP contribution is 2.38. The molecule has 0 saturated carbocycles. The van der Waals surface area contributed by atoms with Gasteiger partial charge in [0.1, 0.15) is 5.75 Å². The van der Waals surface area contributed by atoms with Crippen LogP contribution in [0, 0.1) is 5.92 Å². The van der Waals surface area contributed by atoms with Crippen molar-refractivity contribution in [2.24, 2.45) is 5.92 Å². The van der Waals surface area contributed by atoms with Crippen molar-refractivity contribution < 1.29 is 4.74 Å². The van der Waals surface area contributed by atoms with Crippen molar-refractivity contribution in [3.63, 3.8) is 0 Å². The lowest BCUT2D eigenvalue weighted by Gasteiger charge is -2.23. The van der Waals surface area contributed by atoms with Crippen LogP contribution in [-0.2, 0) is 0 Å². The number of rotatable bonds is 3. The lowest BCUT2D eigenvalue weighted by Crippen LogP contribution is -2.33. The summed E-state index contributed by atoms with van der Waals surface area (Å²) in [4.78, 5) is 0. The highest BCUT2D eigenvalue weighted by Gasteiger charge is 2.16. The van der Waals surface area contributed by atoms with Crippen LogP contribution in [0.25, 0.3) is 10.8 Å². The van der Waals surface area contributed by atoms with Gasteiger partial charge in [-0.3, -0.25) is 0 Å². The molecule has 106 valence electrons. The predicted molar refractivity (Wildman–Crippen MR) is 85.1 cm³/mol. The maximum atomic E-state index is 6.30. The van der Waals surface area contributed by atoms with E-state index in [1.807, 2.05) is 24.3 Å². The average molecular weight is 310 g/mol. The minimum atomic E-state index is 0.550. The summed E-state index contributed by atoms with van der Waals surface area (Å²) < 4.78 is 6.01. The highest BCUT2D eigenvalue weighted by atomic mass is 35.5. The first kappa shape index (κ1) is 14.0. The molecule has 0 amide bonds. The van der Waals surface area contributed by atoms with Gasteiger partial charge in [-0.2, -0.15) is 0 Å². The Balaban J connectivity index is 1.86. The molecule has 1 aliphatic rings. The second-order valence-electron chi connectivity index (χ2n) is 5.24. The van der Waals surface area contributed by atoms with Gasteiger partial charge in [-0.25, -0.2) is 0 Å². The summed E-state index contributed by atoms with van der Waals surface area (Å²) in [7, 11) is 0. The Bertz CT molecular complexity index is 609. The summed E-state index contributed by atoms with van der Waals surface area (Å²) in [5, 5.41) is 6.61. The fourth-order valence-corrected chi connectivity index (χ4v) is 3.28. The minimum absolute atomic E-state index is 0.550. The standard InChI is InChI=1S/C16H17Cl2NO/c17-14-8-15(18)16(13-6-2-1-5-12(13)14)20-10-11-4-3-7-19-9-11/h1-2,5-6,8,11,19H,3-4,7,9-10H2/t11-/m0/s1. The van der Waals surface area contributed by atoms with Crippen molar-refractivity contribution in [3.05, 3.63) is 40.4 Å². The Morgan fingerprint density at radius 1 is 1.15 bits per heavy atom. The van der Waals surface area contributed by atoms with Gasteiger partial charge in [-0.05, 0) is 25.5 Å². The monoisotopic (exact) mass is 309 g/mol. The number of benzene rings is 2. The van der Waals surface area contributed by atoms with E-state index in [1.165, 1.54) is 12.8 Å². The molecule has 1 aliphatic heterocycles. The van der Waals surface area contributed by atoms with E-state index in [0.717, 1.165) is 29.6 Å². The largest absolute Gasteiger partial charge is 0.491 e. The SMILES string of the molecule is Clc1cc(Cl)c2ccccc2c1OC[C@H]1CCCNC1. The molecule has 0 bridgehead atoms. The molecule has 1 heterocycles. The van der Waals surface area contributed by atoms with Gasteiger partial charge >= 0.3 is 0 Å². The van der Waals surface area contributed by atoms with Crippen molar-refractivity contribution >= 4 is 34.0 Å². The molecule has 0 spiro atoms. The summed E-state index contributed by atoms with van der Waals surface area (Å²) >= 11 is 12.5. The van der Waals surface area contributed by atoms with Crippen molar-refractivity contribution in [2.45, 2.75) is 12.8 Å². The van der Waals surface area contributed by atoms with Gasteiger partial charge in [0.25, 0.3) is 0 Å². The van der Waals surface area contributed by atoms with Crippen LogP contribution < -0.4 is 10.1 Å². The zero-order chi connectivity index (χ0) is 13.9. The third-order valence-electron chi connectivity index (χ3n) is 3.76. The first-order valence-electron chi connectivity index (χ1n) is 6.96. The number of hydrogen-bond donors (Lipinski definition) is 1. The van der Waals surface area contributed by atoms with Crippen LogP contribution in [0.15, 0.2) is 30.3 Å². The van der Waals surface area contributed by atoms with Crippen LogP contribution in [0.3, 0.4) is 0 Å². The molecule has 0 unspecified atom stereocenters. The second kappa shape index (κ2) is 6.21. The lowest BCUT2D eigenvalue weighted by molar-refractivity contribution is 0.220. The fourth-order valence-electron chi connectivity index (χ4n) is 2.69. The van der Waals surface area contributed by atoms with Gasteiger partial charge in [-0.15, -0.1) is 0 Å². The molecule has 3 rings (SSSR count). The highest BCUT2D eigenvalue weighted by molar-refractivity contribution is 6.39. The second-order valence-corrected chi connectivity index (χ2v) is 6.05. The molecule has 0 aromatic heterocycles. The van der Waals surface area contributed by atoms with Crippen LogP contribution in [0.4, 0.5) is 0 Å². The van der Waals surface area contributed by atoms with Crippen molar-refractivity contribution in [1.29, 1.82) is 0 Å². The van der Waals surface area contributed by atoms with Crippen molar-refractivity contribution in [3.8, 4) is 5.75 Å². The van der Waals surface area contributed by atoms with Crippen LogP contribution in [0.5, 0.6) is 5.75 Å². The molecule has 1 atom stereocenters. The van der Waals surface area contributed by atoms with E-state index in [-0.39, 0.29) is 0 Å². The third kappa shape index (κ3) is 2.88. The molecule has 4 heteroatoms. The first-order valence-corrected chi connectivity index (χ1v) is 7.71. The maximum absolute atomic E-state index is 6.30. The molecule has 2 nitrogen and oxygen atoms in total. The van der Waals surface area contributed by atoms with Crippen molar-refractivity contribution in [1.82, 2.24) is 5.32 Å². The van der Waals surface area contributed by atoms with E-state index in [9.17, 15) is 0 Å². The van der Waals surface area contributed by atoms with Gasteiger partial charge in [0.05, 0.1) is 16.7 Å². The van der Waals surface area contributed by atoms with E-state index < -0.39 is 0 Å². The maximum Gasteiger partial charge on any atom is 0.145 e. The molecule has 2 aromatic rings. The molecule has 2 aromatic carbocycles. The molecule has 20 heavy (non-hydrogen) atoms. The fraction of sp³-hybridized carbons (Fsp3) is 0.375. The van der Waals surface area contributed by atoms with E-state index in [2.05, 4.69) is 5.32 Å². The molecular formula is C16H17Cl2NO. The summed E-state index contributed by atoms with van der Waals surface area (Å²) in [6, 6.07) is 9.70. The number of nitrogens with one attached hydrogen (secondary N) is 1. The Morgan fingerprint density at radius 3 is 2.70 bits per heavy atom. The third-order valence-corrected chi connectivity index (χ3v) is 4.36. The van der Waals surface area contributed by atoms with Gasteiger partial charge in [0.15, 0.2) is 0 Å². The minimum Gasteiger partial charge on any atom is -0.491 e. The normalized spacial score (nSPS) is 19.2. The summed E-state index contributed by atoms with van der Waals surface area (Å²) in [5.74, 6) is 1.30. The zero-order valence-corrected chi connectivity index (χ0v) is 12.7. The van der Waals surface area contributed by atoms with Gasteiger partial charge in [0.2, 0.25) is 0 Å². The van der Waals surface area contributed by atoms with Crippen LogP contribution >= 0.6 is 23.2 Å². The molecule has 1 N–H and O–H groups in total. The molecule has 1 saturated heterocycles. The number of fused-ring (bicyclic) bond motifs is 1. The predicted octanol–water partition coefficient (Wildman–Crippen LogP) is 4.53. The summed E-state index contributed by atoms with van der Waals surface area (Å²) in [6.45, 7) is 2.82. The zero-order valence-electron chi connectivity index (χ0n) is 11.2. The lowest BCUT2D eigenvalue weighted by atomic mass is 10.0. The Morgan fingerprint density at radius 2 is 1.95 bits per heavy atom. The number of hydrogen-bond acceptors (Lipinski definition) is 2. The number of piperidine rings is 1. The van der Waals surface area contributed by atoms with Crippen LogP contribution in [0.1, 0.15) is 12.8 Å². The Hall–Kier alpha value is -0.960. The van der Waals surface area contributed by atoms with E-state index in [0.29, 0.717) is 22.6 Å². The molecule has 0 aliphatic carbocycles. The first-order chi connectivity index (χ1) is 9.75. The molecular weight excluding hydrogens is 293 g/mol. The van der Waals surface area contributed by atoms with Crippen LogP contribution in [-0.4, -0.2) is 19.7 Å². The quantitative estimate of drug-likeness (QED) is 0.899. The van der Waals surface area contributed by atoms with Gasteiger partial charge in [0, 0.05) is 23.2 Å². The van der Waals surface area contributed by atoms with Gasteiger partial charge < -0.3 is 10.1 Å². The summed E-state index contributed by atoms with van der Waals surface area (Å²) in [6.07, 6.45) is 2.42. The van der Waals surface area contributed by atoms with E-state index in [1.54, 1.807) is 6.07 Å². The topological polar surface area (TPSA) is 21.3 Å². The molecule has 1 fully saturated rings. The Kier molecular flexibility index (Phi) is 4.35. The number of ether oxygens (including phenoxy) is 1. The van der Waals surface area contributed by atoms with Gasteiger partial charge in [-0.1, -0.05) is 47.5 Å². The molecule has 0 radical (unpaired) electrons. The van der Waals surface area contributed by atoms with E-state index in [4.69, 9.17) is 27.9 Å². The Labute approximate surface area is 129 Å². The summed E-state index contributed by atoms with van der Waals surface area (Å²) in [5.41, 5.74) is 0. The average Bonchev–Trinajstić information content (AvgIpc) is 2.48. The van der Waals surface area contributed by atoms with Crippen LogP contribution in [0.2, 0.25) is 10.0 Å². The van der Waals surface area contributed by atoms with Crippen molar-refractivity contribution in [2.75, 3.05) is 19.7 Å². The van der Waals surface area contributed by atoms with E-state index >= 15 is 0 Å².